The number of aliphatic hydroxyl groups excluding tert-OH is 1. The fraction of sp³-hybridized carbons (Fsp3) is 0.556. The van der Waals surface area contributed by atoms with Gasteiger partial charge in [0.2, 0.25) is 0 Å². The van der Waals surface area contributed by atoms with Crippen molar-refractivity contribution >= 4 is 23.6 Å². The van der Waals surface area contributed by atoms with Gasteiger partial charge in [0, 0.05) is 5.75 Å². The van der Waals surface area contributed by atoms with E-state index in [1.165, 1.54) is 16.7 Å². The van der Waals surface area contributed by atoms with Crippen molar-refractivity contribution in [1.82, 2.24) is 4.90 Å². The summed E-state index contributed by atoms with van der Waals surface area (Å²) in [6, 6.07) is -0.706. The quantitative estimate of drug-likeness (QED) is 0.500. The average Bonchev–Trinajstić information content (AvgIpc) is 2.57. The summed E-state index contributed by atoms with van der Waals surface area (Å²) in [4.78, 5) is 23.8. The number of carbonyl (C=O) groups is 2. The Kier molecular flexibility index (Phi) is 2.47. The highest BCUT2D eigenvalue weighted by Crippen LogP contribution is 2.44. The maximum Gasteiger partial charge on any atom is 0.327 e. The number of rotatable bonds is 2. The summed E-state index contributed by atoms with van der Waals surface area (Å²) < 4.78 is 0. The first-order valence-corrected chi connectivity index (χ1v) is 5.60. The van der Waals surface area contributed by atoms with E-state index in [2.05, 4.69) is 0 Å². The second-order valence-corrected chi connectivity index (χ2v) is 4.72. The molecule has 2 heterocycles. The molecule has 0 aromatic carbocycles. The van der Waals surface area contributed by atoms with E-state index in [0.29, 0.717) is 16.9 Å². The normalized spacial score (nSPS) is 32.4. The van der Waals surface area contributed by atoms with Gasteiger partial charge >= 0.3 is 5.97 Å². The standard InChI is InChI=1S/C9H11NO4S/c1-4(2-11)6-7(12)10-5(9(13)14)3-15-8(6)10/h5,8,11H,2-3H2,1H3,(H,13,14)/t5?,8-/m1/s1. The Morgan fingerprint density at radius 1 is 1.67 bits per heavy atom. The minimum atomic E-state index is -0.959. The smallest absolute Gasteiger partial charge is 0.327 e. The number of β-lactam (4-membered cyclic amide) rings is 1. The topological polar surface area (TPSA) is 77.8 Å². The number of hydrogen-bond donors (Lipinski definition) is 2. The minimum Gasteiger partial charge on any atom is -0.480 e. The Balaban J connectivity index is 2.24. The third-order valence-electron chi connectivity index (χ3n) is 2.69. The molecule has 2 fully saturated rings. The Morgan fingerprint density at radius 3 is 2.87 bits per heavy atom. The van der Waals surface area contributed by atoms with Gasteiger partial charge in [0.05, 0.1) is 12.2 Å². The van der Waals surface area contributed by atoms with Crippen molar-refractivity contribution in [1.29, 1.82) is 0 Å². The molecule has 2 rings (SSSR count). The van der Waals surface area contributed by atoms with Crippen molar-refractivity contribution in [3.63, 3.8) is 0 Å². The predicted molar refractivity (Wildman–Crippen MR) is 54.3 cm³/mol. The highest BCUT2D eigenvalue weighted by Gasteiger charge is 2.53. The SMILES string of the molecule is CC(CO)=C1C(=O)N2C(C(=O)O)CS[C@H]12. The summed E-state index contributed by atoms with van der Waals surface area (Å²) in [5, 5.41) is 17.6. The maximum absolute atomic E-state index is 11.6. The molecule has 0 aromatic heterocycles. The van der Waals surface area contributed by atoms with Crippen LogP contribution in [0.25, 0.3) is 0 Å². The molecule has 0 spiro atoms. The van der Waals surface area contributed by atoms with E-state index >= 15 is 0 Å². The number of carbonyl (C=O) groups excluding carboxylic acids is 1. The van der Waals surface area contributed by atoms with Crippen molar-refractivity contribution in [3.8, 4) is 0 Å². The number of hydrogen-bond acceptors (Lipinski definition) is 4. The summed E-state index contributed by atoms with van der Waals surface area (Å²) in [6.07, 6.45) is 0. The van der Waals surface area contributed by atoms with Crippen LogP contribution in [0.3, 0.4) is 0 Å². The molecule has 1 amide bonds. The van der Waals surface area contributed by atoms with E-state index in [1.807, 2.05) is 0 Å². The molecule has 2 saturated heterocycles. The van der Waals surface area contributed by atoms with Crippen LogP contribution in [-0.4, -0.2) is 50.8 Å². The number of amides is 1. The van der Waals surface area contributed by atoms with Crippen LogP contribution in [0.2, 0.25) is 0 Å². The zero-order chi connectivity index (χ0) is 11.2. The van der Waals surface area contributed by atoms with E-state index in [9.17, 15) is 9.59 Å². The van der Waals surface area contributed by atoms with Crippen LogP contribution in [0.5, 0.6) is 0 Å². The van der Waals surface area contributed by atoms with Gasteiger partial charge < -0.3 is 15.1 Å². The maximum atomic E-state index is 11.6. The first-order chi connectivity index (χ1) is 7.07. The van der Waals surface area contributed by atoms with Gasteiger partial charge in [0.1, 0.15) is 11.4 Å². The first-order valence-electron chi connectivity index (χ1n) is 4.55. The lowest BCUT2D eigenvalue weighted by Crippen LogP contribution is -2.56. The van der Waals surface area contributed by atoms with Crippen LogP contribution in [0.15, 0.2) is 11.1 Å². The minimum absolute atomic E-state index is 0.149. The largest absolute Gasteiger partial charge is 0.480 e. The average molecular weight is 229 g/mol. The highest BCUT2D eigenvalue weighted by molar-refractivity contribution is 8.00. The van der Waals surface area contributed by atoms with Gasteiger partial charge in [-0.1, -0.05) is 0 Å². The molecule has 0 saturated carbocycles. The lowest BCUT2D eigenvalue weighted by Gasteiger charge is -2.39. The molecule has 1 unspecified atom stereocenters. The van der Waals surface area contributed by atoms with Crippen molar-refractivity contribution in [2.75, 3.05) is 12.4 Å². The molecule has 2 N–H and O–H groups in total. The number of carboxylic acids is 1. The van der Waals surface area contributed by atoms with E-state index in [4.69, 9.17) is 10.2 Å². The monoisotopic (exact) mass is 229 g/mol. The number of carboxylic acid groups (broad SMARTS) is 1. The molecule has 15 heavy (non-hydrogen) atoms. The van der Waals surface area contributed by atoms with Crippen LogP contribution in [0.1, 0.15) is 6.92 Å². The third kappa shape index (κ3) is 1.36. The van der Waals surface area contributed by atoms with Gasteiger partial charge in [-0.05, 0) is 12.5 Å². The number of aliphatic hydroxyl groups is 1. The van der Waals surface area contributed by atoms with Gasteiger partial charge in [0.25, 0.3) is 5.91 Å². The summed E-state index contributed by atoms with van der Waals surface area (Å²) >= 11 is 1.44. The van der Waals surface area contributed by atoms with Gasteiger partial charge in [-0.15, -0.1) is 11.8 Å². The van der Waals surface area contributed by atoms with Gasteiger partial charge in [-0.25, -0.2) is 4.79 Å². The second-order valence-electron chi connectivity index (χ2n) is 3.60. The zero-order valence-corrected chi connectivity index (χ0v) is 8.95. The third-order valence-corrected chi connectivity index (χ3v) is 3.98. The van der Waals surface area contributed by atoms with E-state index in [-0.39, 0.29) is 17.9 Å². The van der Waals surface area contributed by atoms with Crippen LogP contribution < -0.4 is 0 Å². The molecule has 2 atom stereocenters. The molecule has 0 aromatic rings. The van der Waals surface area contributed by atoms with E-state index in [0.717, 1.165) is 0 Å². The Bertz CT molecular complexity index is 365. The molecule has 2 aliphatic rings. The number of aliphatic carboxylic acids is 1. The van der Waals surface area contributed by atoms with Crippen molar-refractivity contribution in [3.05, 3.63) is 11.1 Å². The number of nitrogens with zero attached hydrogens (tertiary/aromatic N) is 1. The zero-order valence-electron chi connectivity index (χ0n) is 8.14. The summed E-state index contributed by atoms with van der Waals surface area (Å²) in [5.74, 6) is -0.781. The summed E-state index contributed by atoms with van der Waals surface area (Å²) in [7, 11) is 0. The van der Waals surface area contributed by atoms with Crippen molar-refractivity contribution in [2.24, 2.45) is 0 Å². The predicted octanol–water partition coefficient (Wildman–Crippen LogP) is -0.337. The van der Waals surface area contributed by atoms with Gasteiger partial charge in [-0.2, -0.15) is 0 Å². The molecular formula is C9H11NO4S. The lowest BCUT2D eigenvalue weighted by molar-refractivity contribution is -0.150. The molecule has 0 bridgehead atoms. The summed E-state index contributed by atoms with van der Waals surface area (Å²) in [6.45, 7) is 1.54. The number of thioether (sulfide) groups is 1. The van der Waals surface area contributed by atoms with Gasteiger partial charge in [0.15, 0.2) is 0 Å². The first kappa shape index (κ1) is 10.5. The Labute approximate surface area is 90.8 Å². The number of fused-ring (bicyclic) bond motifs is 1. The fourth-order valence-electron chi connectivity index (χ4n) is 1.82. The van der Waals surface area contributed by atoms with Crippen LogP contribution in [0, 0.1) is 0 Å². The van der Waals surface area contributed by atoms with E-state index < -0.39 is 12.0 Å². The lowest BCUT2D eigenvalue weighted by atomic mass is 9.98. The van der Waals surface area contributed by atoms with Gasteiger partial charge in [-0.3, -0.25) is 4.79 Å². The molecular weight excluding hydrogens is 218 g/mol. The molecule has 5 nitrogen and oxygen atoms in total. The van der Waals surface area contributed by atoms with Crippen molar-refractivity contribution < 1.29 is 19.8 Å². The molecule has 2 aliphatic heterocycles. The van der Waals surface area contributed by atoms with E-state index in [1.54, 1.807) is 6.92 Å². The second kappa shape index (κ2) is 3.53. The Morgan fingerprint density at radius 2 is 2.33 bits per heavy atom. The molecule has 0 aliphatic carbocycles. The Hall–Kier alpha value is -1.01. The highest BCUT2D eigenvalue weighted by atomic mass is 32.2. The van der Waals surface area contributed by atoms with Crippen LogP contribution in [-0.2, 0) is 9.59 Å². The van der Waals surface area contributed by atoms with Crippen LogP contribution >= 0.6 is 11.8 Å². The molecule has 6 heteroatoms. The van der Waals surface area contributed by atoms with Crippen molar-refractivity contribution in [2.45, 2.75) is 18.3 Å². The summed E-state index contributed by atoms with van der Waals surface area (Å²) in [5.41, 5.74) is 1.21. The molecule has 0 radical (unpaired) electrons. The van der Waals surface area contributed by atoms with Crippen LogP contribution in [0.4, 0.5) is 0 Å². The fourth-order valence-corrected chi connectivity index (χ4v) is 3.36. The molecule has 82 valence electrons.